The van der Waals surface area contributed by atoms with Crippen LogP contribution < -0.4 is 5.32 Å². The molecule has 3 N–H and O–H groups in total. The Labute approximate surface area is 197 Å². The van der Waals surface area contributed by atoms with Crippen LogP contribution in [0.2, 0.25) is 5.02 Å². The first-order valence-electron chi connectivity index (χ1n) is 10.9. The van der Waals surface area contributed by atoms with Crippen molar-refractivity contribution in [2.24, 2.45) is 0 Å². The summed E-state index contributed by atoms with van der Waals surface area (Å²) < 4.78 is 5.61. The fraction of sp³-hybridized carbons (Fsp3) is 0.333. The predicted molar refractivity (Wildman–Crippen MR) is 126 cm³/mol. The largest absolute Gasteiger partial charge is 0.507 e. The Kier molecular flexibility index (Phi) is 6.88. The maximum absolute atomic E-state index is 12.8. The number of phenols is 2. The van der Waals surface area contributed by atoms with E-state index < -0.39 is 0 Å². The minimum absolute atomic E-state index is 0.0513. The molecule has 0 bridgehead atoms. The highest BCUT2D eigenvalue weighted by molar-refractivity contribution is 6.32. The molecule has 1 saturated heterocycles. The molecule has 8 nitrogen and oxygen atoms in total. The lowest BCUT2D eigenvalue weighted by molar-refractivity contribution is 0.0947. The average Bonchev–Trinajstić information content (AvgIpc) is 3.23. The van der Waals surface area contributed by atoms with Gasteiger partial charge in [-0.2, -0.15) is 0 Å². The number of halogens is 1. The number of hydrogen-bond donors (Lipinski definition) is 3. The third kappa shape index (κ3) is 4.83. The van der Waals surface area contributed by atoms with Crippen LogP contribution in [0.1, 0.15) is 23.0 Å². The highest BCUT2D eigenvalue weighted by Crippen LogP contribution is 2.43. The standard InChI is InChI=1S/C24H27ClN4O4/c1-3-26-24(32)22-21(23(33-27-22)17-12-18(25)20(31)13-19(17)30)16-7-5-4-6-15(16)14-29-10-8-28(2)9-11-29/h4-7,12-13,30-31H,3,8-11,14H2,1-2H3,(H,26,32). The molecule has 1 aliphatic rings. The van der Waals surface area contributed by atoms with Gasteiger partial charge in [0.2, 0.25) is 0 Å². The van der Waals surface area contributed by atoms with Crippen LogP contribution in [0.4, 0.5) is 0 Å². The molecule has 0 atom stereocenters. The Hall–Kier alpha value is -3.07. The number of carbonyl (C=O) groups excluding carboxylic acids is 1. The summed E-state index contributed by atoms with van der Waals surface area (Å²) in [7, 11) is 2.11. The van der Waals surface area contributed by atoms with Gasteiger partial charge in [0.1, 0.15) is 11.5 Å². The topological polar surface area (TPSA) is 102 Å². The molecule has 1 amide bonds. The van der Waals surface area contributed by atoms with E-state index >= 15 is 0 Å². The Morgan fingerprint density at radius 3 is 2.58 bits per heavy atom. The van der Waals surface area contributed by atoms with E-state index in [1.807, 2.05) is 31.2 Å². The number of aromatic nitrogens is 1. The Bertz CT molecular complexity index is 1160. The zero-order chi connectivity index (χ0) is 23.5. The van der Waals surface area contributed by atoms with Gasteiger partial charge in [-0.15, -0.1) is 0 Å². The fourth-order valence-corrected chi connectivity index (χ4v) is 4.17. The van der Waals surface area contributed by atoms with Crippen LogP contribution in [0, 0.1) is 0 Å². The van der Waals surface area contributed by atoms with Gasteiger partial charge in [-0.3, -0.25) is 9.69 Å². The summed E-state index contributed by atoms with van der Waals surface area (Å²) in [6, 6.07) is 10.3. The first-order chi connectivity index (χ1) is 15.9. The fourth-order valence-electron chi connectivity index (χ4n) is 4.00. The van der Waals surface area contributed by atoms with E-state index in [2.05, 4.69) is 27.3 Å². The van der Waals surface area contributed by atoms with Gasteiger partial charge in [-0.25, -0.2) is 0 Å². The van der Waals surface area contributed by atoms with Gasteiger partial charge in [-0.05, 0) is 31.2 Å². The van der Waals surface area contributed by atoms with E-state index in [1.54, 1.807) is 0 Å². The number of nitrogens with zero attached hydrogens (tertiary/aromatic N) is 3. The van der Waals surface area contributed by atoms with Crippen LogP contribution in [0.5, 0.6) is 11.5 Å². The highest BCUT2D eigenvalue weighted by atomic mass is 35.5. The number of rotatable bonds is 6. The molecule has 1 aromatic heterocycles. The molecule has 0 radical (unpaired) electrons. The molecule has 1 fully saturated rings. The number of aromatic hydroxyl groups is 2. The SMILES string of the molecule is CCNC(=O)c1noc(-c2cc(Cl)c(O)cc2O)c1-c1ccccc1CN1CCN(C)CC1. The normalized spacial score (nSPS) is 15.0. The van der Waals surface area contributed by atoms with Gasteiger partial charge >= 0.3 is 0 Å². The van der Waals surface area contributed by atoms with Gasteiger partial charge in [0.15, 0.2) is 11.5 Å². The number of piperazine rings is 1. The number of hydrogen-bond acceptors (Lipinski definition) is 7. The molecule has 3 aromatic rings. The first kappa shape index (κ1) is 23.1. The van der Waals surface area contributed by atoms with E-state index in [0.717, 1.165) is 43.4 Å². The van der Waals surface area contributed by atoms with Crippen molar-refractivity contribution < 1.29 is 19.5 Å². The number of nitrogens with one attached hydrogen (secondary N) is 1. The van der Waals surface area contributed by atoms with Crippen molar-refractivity contribution in [2.75, 3.05) is 39.8 Å². The van der Waals surface area contributed by atoms with E-state index in [0.29, 0.717) is 18.7 Å². The van der Waals surface area contributed by atoms with Crippen molar-refractivity contribution in [3.63, 3.8) is 0 Å². The first-order valence-corrected chi connectivity index (χ1v) is 11.3. The number of carbonyl (C=O) groups is 1. The zero-order valence-electron chi connectivity index (χ0n) is 18.6. The van der Waals surface area contributed by atoms with E-state index in [-0.39, 0.29) is 39.4 Å². The summed E-state index contributed by atoms with van der Waals surface area (Å²) in [6.45, 7) is 6.82. The Morgan fingerprint density at radius 1 is 1.12 bits per heavy atom. The van der Waals surface area contributed by atoms with Gasteiger partial charge in [-0.1, -0.05) is 41.0 Å². The lowest BCUT2D eigenvalue weighted by atomic mass is 9.94. The van der Waals surface area contributed by atoms with Crippen LogP contribution in [0.15, 0.2) is 40.9 Å². The average molecular weight is 471 g/mol. The maximum atomic E-state index is 12.8. The highest BCUT2D eigenvalue weighted by Gasteiger charge is 2.28. The molecule has 174 valence electrons. The summed E-state index contributed by atoms with van der Waals surface area (Å²) in [5.41, 5.74) is 2.65. The smallest absolute Gasteiger partial charge is 0.274 e. The van der Waals surface area contributed by atoms with Crippen molar-refractivity contribution in [3.05, 3.63) is 52.7 Å². The minimum atomic E-state index is -0.374. The molecule has 2 heterocycles. The lowest BCUT2D eigenvalue weighted by Crippen LogP contribution is -2.43. The summed E-state index contributed by atoms with van der Waals surface area (Å²) in [5, 5.41) is 27.3. The molecule has 0 unspecified atom stereocenters. The quantitative estimate of drug-likeness (QED) is 0.506. The second-order valence-electron chi connectivity index (χ2n) is 8.15. The number of benzene rings is 2. The van der Waals surface area contributed by atoms with E-state index in [9.17, 15) is 15.0 Å². The summed E-state index contributed by atoms with van der Waals surface area (Å²) in [4.78, 5) is 17.5. The van der Waals surface area contributed by atoms with Crippen molar-refractivity contribution >= 4 is 17.5 Å². The van der Waals surface area contributed by atoms with Gasteiger partial charge in [0, 0.05) is 45.3 Å². The van der Waals surface area contributed by atoms with Crippen LogP contribution >= 0.6 is 11.6 Å². The third-order valence-corrected chi connectivity index (χ3v) is 6.13. The summed E-state index contributed by atoms with van der Waals surface area (Å²) in [5.74, 6) is -0.644. The molecule has 9 heteroatoms. The number of amides is 1. The summed E-state index contributed by atoms with van der Waals surface area (Å²) in [6.07, 6.45) is 0. The van der Waals surface area contributed by atoms with Crippen LogP contribution in [-0.2, 0) is 6.54 Å². The monoisotopic (exact) mass is 470 g/mol. The third-order valence-electron chi connectivity index (χ3n) is 5.83. The molecule has 0 saturated carbocycles. The van der Waals surface area contributed by atoms with Crippen molar-refractivity contribution in [3.8, 4) is 33.9 Å². The lowest BCUT2D eigenvalue weighted by Gasteiger charge is -2.32. The molecule has 1 aliphatic heterocycles. The number of phenolic OH excluding ortho intramolecular Hbond substituents is 2. The van der Waals surface area contributed by atoms with Crippen LogP contribution in [0.25, 0.3) is 22.5 Å². The zero-order valence-corrected chi connectivity index (χ0v) is 19.4. The predicted octanol–water partition coefficient (Wildman–Crippen LogP) is 3.57. The summed E-state index contributed by atoms with van der Waals surface area (Å²) >= 11 is 6.11. The van der Waals surface area contributed by atoms with Gasteiger partial charge in [0.05, 0.1) is 16.1 Å². The molecule has 4 rings (SSSR count). The maximum Gasteiger partial charge on any atom is 0.274 e. The second kappa shape index (κ2) is 9.82. The van der Waals surface area contributed by atoms with Gasteiger partial charge in [0.25, 0.3) is 5.91 Å². The van der Waals surface area contributed by atoms with Crippen LogP contribution in [-0.4, -0.2) is 70.8 Å². The number of likely N-dealkylation sites (N-methyl/N-ethyl adjacent to an activating group) is 1. The molecular formula is C24H27ClN4O4. The van der Waals surface area contributed by atoms with Crippen molar-refractivity contribution in [2.45, 2.75) is 13.5 Å². The van der Waals surface area contributed by atoms with E-state index in [4.69, 9.17) is 16.1 Å². The molecule has 33 heavy (non-hydrogen) atoms. The second-order valence-corrected chi connectivity index (χ2v) is 8.56. The van der Waals surface area contributed by atoms with Gasteiger partial charge < -0.3 is 25.0 Å². The molecule has 2 aromatic carbocycles. The molecular weight excluding hydrogens is 444 g/mol. The Morgan fingerprint density at radius 2 is 1.85 bits per heavy atom. The van der Waals surface area contributed by atoms with E-state index in [1.165, 1.54) is 6.07 Å². The molecule has 0 aliphatic carbocycles. The van der Waals surface area contributed by atoms with Crippen LogP contribution in [0.3, 0.4) is 0 Å². The minimum Gasteiger partial charge on any atom is -0.507 e. The Balaban J connectivity index is 1.84. The van der Waals surface area contributed by atoms with Crippen molar-refractivity contribution in [1.82, 2.24) is 20.3 Å². The molecule has 0 spiro atoms. The van der Waals surface area contributed by atoms with Crippen molar-refractivity contribution in [1.29, 1.82) is 0 Å².